The van der Waals surface area contributed by atoms with Crippen LogP contribution in [0, 0.1) is 0 Å². The summed E-state index contributed by atoms with van der Waals surface area (Å²) in [4.78, 5) is 17.0. The number of nitrogens with two attached hydrogens (primary N) is 1. The molecule has 0 bridgehead atoms. The molecular formula is C16H31N3OS. The van der Waals surface area contributed by atoms with Gasteiger partial charge in [-0.3, -0.25) is 9.69 Å². The Kier molecular flexibility index (Phi) is 8.85. The molecule has 1 aliphatic rings. The van der Waals surface area contributed by atoms with Crippen LogP contribution >= 0.6 is 12.2 Å². The van der Waals surface area contributed by atoms with Gasteiger partial charge in [0.1, 0.15) is 0 Å². The number of carbonyl (C=O) groups is 1. The topological polar surface area (TPSA) is 49.6 Å². The molecule has 1 amide bonds. The third-order valence-electron chi connectivity index (χ3n) is 4.37. The van der Waals surface area contributed by atoms with Crippen LogP contribution in [-0.4, -0.2) is 52.9 Å². The Morgan fingerprint density at radius 2 is 1.67 bits per heavy atom. The SMILES string of the molecule is CCCCCCCCC(=O)N1CCN(C(C)C(N)=S)CC1. The molecule has 0 spiro atoms. The van der Waals surface area contributed by atoms with Gasteiger partial charge in [0.15, 0.2) is 0 Å². The van der Waals surface area contributed by atoms with E-state index in [9.17, 15) is 4.79 Å². The number of amides is 1. The minimum Gasteiger partial charge on any atom is -0.392 e. The van der Waals surface area contributed by atoms with E-state index < -0.39 is 0 Å². The Morgan fingerprint density at radius 1 is 1.10 bits per heavy atom. The average molecular weight is 314 g/mol. The fraction of sp³-hybridized carbons (Fsp3) is 0.875. The maximum Gasteiger partial charge on any atom is 0.222 e. The molecule has 0 aliphatic carbocycles. The molecule has 0 aromatic rings. The second kappa shape index (κ2) is 10.1. The van der Waals surface area contributed by atoms with Crippen LogP contribution in [0.2, 0.25) is 0 Å². The maximum absolute atomic E-state index is 12.2. The molecule has 4 nitrogen and oxygen atoms in total. The van der Waals surface area contributed by atoms with Crippen LogP contribution in [0.1, 0.15) is 58.8 Å². The molecule has 0 aromatic carbocycles. The van der Waals surface area contributed by atoms with Crippen LogP contribution in [0.3, 0.4) is 0 Å². The summed E-state index contributed by atoms with van der Waals surface area (Å²) >= 11 is 5.04. The van der Waals surface area contributed by atoms with E-state index in [1.54, 1.807) is 0 Å². The lowest BCUT2D eigenvalue weighted by Crippen LogP contribution is -2.53. The lowest BCUT2D eigenvalue weighted by atomic mass is 10.1. The van der Waals surface area contributed by atoms with Gasteiger partial charge in [-0.1, -0.05) is 51.2 Å². The molecule has 1 atom stereocenters. The number of nitrogens with zero attached hydrogens (tertiary/aromatic N) is 2. The first-order valence-corrected chi connectivity index (χ1v) is 8.78. The molecule has 122 valence electrons. The van der Waals surface area contributed by atoms with Gasteiger partial charge in [0.05, 0.1) is 11.0 Å². The van der Waals surface area contributed by atoms with E-state index in [1.807, 2.05) is 11.8 Å². The van der Waals surface area contributed by atoms with Gasteiger partial charge in [-0.15, -0.1) is 0 Å². The molecule has 1 fully saturated rings. The van der Waals surface area contributed by atoms with Crippen molar-refractivity contribution in [1.29, 1.82) is 0 Å². The molecule has 1 saturated heterocycles. The van der Waals surface area contributed by atoms with Crippen molar-refractivity contribution < 1.29 is 4.79 Å². The van der Waals surface area contributed by atoms with E-state index in [2.05, 4.69) is 11.8 Å². The van der Waals surface area contributed by atoms with Crippen LogP contribution in [0.15, 0.2) is 0 Å². The zero-order valence-electron chi connectivity index (χ0n) is 13.6. The van der Waals surface area contributed by atoms with E-state index in [1.165, 1.54) is 32.1 Å². The number of piperazine rings is 1. The molecule has 0 aromatic heterocycles. The number of thiocarbonyl (C=S) groups is 1. The lowest BCUT2D eigenvalue weighted by Gasteiger charge is -2.37. The Hall–Kier alpha value is -0.680. The van der Waals surface area contributed by atoms with Crippen LogP contribution in [-0.2, 0) is 4.79 Å². The zero-order valence-corrected chi connectivity index (χ0v) is 14.5. The predicted octanol–water partition coefficient (Wildman–Crippen LogP) is 2.56. The average Bonchev–Trinajstić information content (AvgIpc) is 2.49. The number of unbranched alkanes of at least 4 members (excludes halogenated alkanes) is 5. The summed E-state index contributed by atoms with van der Waals surface area (Å²) < 4.78 is 0. The van der Waals surface area contributed by atoms with Gasteiger partial charge in [0.25, 0.3) is 0 Å². The molecule has 1 aliphatic heterocycles. The first-order valence-electron chi connectivity index (χ1n) is 8.37. The van der Waals surface area contributed by atoms with E-state index in [-0.39, 0.29) is 6.04 Å². The van der Waals surface area contributed by atoms with Gasteiger partial charge in [-0.05, 0) is 13.3 Å². The summed E-state index contributed by atoms with van der Waals surface area (Å²) in [6.45, 7) is 7.63. The largest absolute Gasteiger partial charge is 0.392 e. The molecule has 1 heterocycles. The van der Waals surface area contributed by atoms with Gasteiger partial charge in [-0.25, -0.2) is 0 Å². The van der Waals surface area contributed by atoms with Crippen LogP contribution in [0.4, 0.5) is 0 Å². The highest BCUT2D eigenvalue weighted by Gasteiger charge is 2.24. The minimum absolute atomic E-state index is 0.135. The number of hydrogen-bond donors (Lipinski definition) is 1. The fourth-order valence-corrected chi connectivity index (χ4v) is 2.90. The standard InChI is InChI=1S/C16H31N3OS/c1-3-4-5-6-7-8-9-15(20)19-12-10-18(11-13-19)14(2)16(17)21/h14H,3-13H2,1-2H3,(H2,17,21). The summed E-state index contributed by atoms with van der Waals surface area (Å²) in [6, 6.07) is 0.135. The smallest absolute Gasteiger partial charge is 0.222 e. The molecule has 5 heteroatoms. The molecular weight excluding hydrogens is 282 g/mol. The molecule has 1 unspecified atom stereocenters. The van der Waals surface area contributed by atoms with E-state index in [0.717, 1.165) is 32.6 Å². The molecule has 1 rings (SSSR count). The normalized spacial score (nSPS) is 17.7. The predicted molar refractivity (Wildman–Crippen MR) is 92.4 cm³/mol. The summed E-state index contributed by atoms with van der Waals surface area (Å²) in [5.41, 5.74) is 5.69. The van der Waals surface area contributed by atoms with Crippen molar-refractivity contribution >= 4 is 23.1 Å². The van der Waals surface area contributed by atoms with Crippen molar-refractivity contribution in [2.75, 3.05) is 26.2 Å². The van der Waals surface area contributed by atoms with Gasteiger partial charge >= 0.3 is 0 Å². The zero-order chi connectivity index (χ0) is 15.7. The Morgan fingerprint density at radius 3 is 2.24 bits per heavy atom. The van der Waals surface area contributed by atoms with Crippen molar-refractivity contribution in [2.45, 2.75) is 64.8 Å². The van der Waals surface area contributed by atoms with Gasteiger partial charge in [-0.2, -0.15) is 0 Å². The number of carbonyl (C=O) groups excluding carboxylic acids is 1. The Bertz CT molecular complexity index is 327. The third kappa shape index (κ3) is 6.74. The van der Waals surface area contributed by atoms with Crippen molar-refractivity contribution in [3.8, 4) is 0 Å². The maximum atomic E-state index is 12.2. The van der Waals surface area contributed by atoms with Crippen molar-refractivity contribution in [2.24, 2.45) is 5.73 Å². The highest BCUT2D eigenvalue weighted by molar-refractivity contribution is 7.80. The van der Waals surface area contributed by atoms with Crippen LogP contribution in [0.25, 0.3) is 0 Å². The van der Waals surface area contributed by atoms with Crippen molar-refractivity contribution in [3.63, 3.8) is 0 Å². The first-order chi connectivity index (χ1) is 10.1. The second-order valence-corrected chi connectivity index (χ2v) is 6.48. The lowest BCUT2D eigenvalue weighted by molar-refractivity contribution is -0.133. The number of hydrogen-bond acceptors (Lipinski definition) is 3. The van der Waals surface area contributed by atoms with E-state index in [0.29, 0.717) is 17.3 Å². The Labute approximate surface area is 135 Å². The Balaban J connectivity index is 2.15. The highest BCUT2D eigenvalue weighted by atomic mass is 32.1. The second-order valence-electron chi connectivity index (χ2n) is 6.01. The molecule has 2 N–H and O–H groups in total. The highest BCUT2D eigenvalue weighted by Crippen LogP contribution is 2.11. The fourth-order valence-electron chi connectivity index (χ4n) is 2.75. The summed E-state index contributed by atoms with van der Waals surface area (Å²) in [5.74, 6) is 0.313. The quantitative estimate of drug-likeness (QED) is 0.525. The van der Waals surface area contributed by atoms with Crippen molar-refractivity contribution in [1.82, 2.24) is 9.80 Å². The van der Waals surface area contributed by atoms with E-state index >= 15 is 0 Å². The summed E-state index contributed by atoms with van der Waals surface area (Å²) in [5, 5.41) is 0. The van der Waals surface area contributed by atoms with Crippen molar-refractivity contribution in [3.05, 3.63) is 0 Å². The van der Waals surface area contributed by atoms with E-state index in [4.69, 9.17) is 18.0 Å². The monoisotopic (exact) mass is 313 g/mol. The summed E-state index contributed by atoms with van der Waals surface area (Å²) in [7, 11) is 0. The molecule has 0 saturated carbocycles. The minimum atomic E-state index is 0.135. The number of rotatable bonds is 9. The van der Waals surface area contributed by atoms with Gasteiger partial charge in [0, 0.05) is 32.6 Å². The van der Waals surface area contributed by atoms with Gasteiger partial charge in [0.2, 0.25) is 5.91 Å². The molecule has 0 radical (unpaired) electrons. The molecule has 21 heavy (non-hydrogen) atoms. The van der Waals surface area contributed by atoms with Crippen LogP contribution < -0.4 is 5.73 Å². The van der Waals surface area contributed by atoms with Crippen LogP contribution in [0.5, 0.6) is 0 Å². The third-order valence-corrected chi connectivity index (χ3v) is 4.71. The van der Waals surface area contributed by atoms with Gasteiger partial charge < -0.3 is 10.6 Å². The summed E-state index contributed by atoms with van der Waals surface area (Å²) in [6.07, 6.45) is 8.08. The first kappa shape index (κ1) is 18.4.